The Balaban J connectivity index is 1.38. The van der Waals surface area contributed by atoms with Crippen molar-refractivity contribution in [1.82, 2.24) is 5.43 Å². The van der Waals surface area contributed by atoms with Crippen LogP contribution in [0.25, 0.3) is 10.8 Å². The van der Waals surface area contributed by atoms with E-state index in [1.54, 1.807) is 27.5 Å². The highest BCUT2D eigenvalue weighted by atomic mass is 16.5. The van der Waals surface area contributed by atoms with Crippen molar-refractivity contribution in [3.05, 3.63) is 95.6 Å². The lowest BCUT2D eigenvalue weighted by Gasteiger charge is -2.13. The zero-order chi connectivity index (χ0) is 23.8. The van der Waals surface area contributed by atoms with Gasteiger partial charge >= 0.3 is 0 Å². The van der Waals surface area contributed by atoms with Gasteiger partial charge in [-0.1, -0.05) is 48.5 Å². The molecule has 34 heavy (non-hydrogen) atoms. The van der Waals surface area contributed by atoms with E-state index in [0.29, 0.717) is 36.1 Å². The van der Waals surface area contributed by atoms with E-state index >= 15 is 0 Å². The highest BCUT2D eigenvalue weighted by Gasteiger charge is 2.08. The molecule has 0 radical (unpaired) electrons. The topological polar surface area (TPSA) is 61.3 Å². The smallest absolute Gasteiger partial charge is 0.161 e. The number of nitrogens with zero attached hydrogens (tertiary/aromatic N) is 1. The quantitative estimate of drug-likeness (QED) is 0.250. The van der Waals surface area contributed by atoms with Crippen molar-refractivity contribution >= 4 is 17.0 Å². The van der Waals surface area contributed by atoms with Crippen LogP contribution in [0.2, 0.25) is 0 Å². The van der Waals surface area contributed by atoms with E-state index < -0.39 is 0 Å². The molecule has 0 heterocycles. The van der Waals surface area contributed by atoms with Gasteiger partial charge in [0.2, 0.25) is 0 Å². The van der Waals surface area contributed by atoms with E-state index in [9.17, 15) is 0 Å². The Morgan fingerprint density at radius 3 is 2.29 bits per heavy atom. The average molecular weight is 457 g/mol. The molecule has 6 nitrogen and oxygen atoms in total. The number of hydrogen-bond acceptors (Lipinski definition) is 6. The molecule has 0 saturated heterocycles. The Hall–Kier alpha value is -4.19. The predicted molar refractivity (Wildman–Crippen MR) is 135 cm³/mol. The van der Waals surface area contributed by atoms with Gasteiger partial charge in [0.25, 0.3) is 0 Å². The summed E-state index contributed by atoms with van der Waals surface area (Å²) in [5.41, 5.74) is 6.11. The molecule has 0 saturated carbocycles. The van der Waals surface area contributed by atoms with Crippen molar-refractivity contribution in [2.24, 2.45) is 5.10 Å². The van der Waals surface area contributed by atoms with E-state index in [2.05, 4.69) is 34.8 Å². The van der Waals surface area contributed by atoms with Crippen LogP contribution in [-0.4, -0.2) is 27.5 Å². The number of nitrogens with one attached hydrogen (secondary N) is 1. The van der Waals surface area contributed by atoms with Gasteiger partial charge in [0, 0.05) is 0 Å². The molecule has 174 valence electrons. The first-order valence-corrected chi connectivity index (χ1v) is 11.0. The van der Waals surface area contributed by atoms with Gasteiger partial charge in [0.15, 0.2) is 23.0 Å². The Kier molecular flexibility index (Phi) is 7.50. The molecular weight excluding hydrogens is 428 g/mol. The number of rotatable bonds is 10. The Morgan fingerprint density at radius 1 is 0.735 bits per heavy atom. The van der Waals surface area contributed by atoms with Gasteiger partial charge in [-0.2, -0.15) is 5.10 Å². The van der Waals surface area contributed by atoms with Crippen LogP contribution in [0, 0.1) is 0 Å². The number of methoxy groups -OCH3 is 3. The van der Waals surface area contributed by atoms with Crippen molar-refractivity contribution in [1.29, 1.82) is 0 Å². The third-order valence-electron chi connectivity index (χ3n) is 5.49. The molecule has 0 atom stereocenters. The molecule has 0 aliphatic heterocycles. The summed E-state index contributed by atoms with van der Waals surface area (Å²) in [7, 11) is 4.88. The molecule has 6 heteroatoms. The van der Waals surface area contributed by atoms with Gasteiger partial charge < -0.3 is 24.4 Å². The van der Waals surface area contributed by atoms with E-state index in [1.807, 2.05) is 54.6 Å². The van der Waals surface area contributed by atoms with Crippen molar-refractivity contribution < 1.29 is 18.9 Å². The number of ether oxygens (including phenoxy) is 4. The molecule has 0 spiro atoms. The number of hydrogen-bond donors (Lipinski definition) is 1. The molecular formula is C28H28N2O4. The fourth-order valence-electron chi connectivity index (χ4n) is 3.71. The second kappa shape index (κ2) is 11.1. The van der Waals surface area contributed by atoms with Gasteiger partial charge in [-0.3, -0.25) is 0 Å². The number of benzene rings is 4. The van der Waals surface area contributed by atoms with Gasteiger partial charge in [-0.05, 0) is 57.8 Å². The maximum absolute atomic E-state index is 6.09. The second-order valence-electron chi connectivity index (χ2n) is 7.62. The van der Waals surface area contributed by atoms with Crippen LogP contribution in [0.5, 0.6) is 23.0 Å². The van der Waals surface area contributed by atoms with Crippen LogP contribution in [0.1, 0.15) is 16.7 Å². The summed E-state index contributed by atoms with van der Waals surface area (Å²) >= 11 is 0. The molecule has 4 aromatic carbocycles. The molecule has 0 bridgehead atoms. The largest absolute Gasteiger partial charge is 0.493 e. The van der Waals surface area contributed by atoms with Crippen LogP contribution in [0.4, 0.5) is 0 Å². The highest BCUT2D eigenvalue weighted by Crippen LogP contribution is 2.30. The minimum atomic E-state index is 0.456. The van der Waals surface area contributed by atoms with Gasteiger partial charge in [-0.25, -0.2) is 0 Å². The number of fused-ring (bicyclic) bond motifs is 1. The Labute approximate surface area is 199 Å². The maximum Gasteiger partial charge on any atom is 0.161 e. The summed E-state index contributed by atoms with van der Waals surface area (Å²) in [6.45, 7) is 1.01. The molecule has 4 rings (SSSR count). The van der Waals surface area contributed by atoms with Gasteiger partial charge in [0.05, 0.1) is 34.1 Å². The molecule has 0 aliphatic rings. The lowest BCUT2D eigenvalue weighted by atomic mass is 10.1. The normalized spacial score (nSPS) is 10.9. The van der Waals surface area contributed by atoms with Crippen LogP contribution in [0.15, 0.2) is 84.0 Å². The fourth-order valence-corrected chi connectivity index (χ4v) is 3.71. The van der Waals surface area contributed by atoms with Crippen molar-refractivity contribution in [2.45, 2.75) is 13.2 Å². The lowest BCUT2D eigenvalue weighted by molar-refractivity contribution is 0.285. The van der Waals surface area contributed by atoms with E-state index in [1.165, 1.54) is 10.8 Å². The minimum Gasteiger partial charge on any atom is -0.493 e. The second-order valence-corrected chi connectivity index (χ2v) is 7.62. The van der Waals surface area contributed by atoms with Crippen molar-refractivity contribution in [3.63, 3.8) is 0 Å². The molecule has 0 fully saturated rings. The first kappa shape index (κ1) is 23.0. The summed E-state index contributed by atoms with van der Waals surface area (Å²) < 4.78 is 22.3. The lowest BCUT2D eigenvalue weighted by Crippen LogP contribution is -2.06. The first-order valence-electron chi connectivity index (χ1n) is 11.0. The van der Waals surface area contributed by atoms with Crippen LogP contribution >= 0.6 is 0 Å². The van der Waals surface area contributed by atoms with E-state index in [-0.39, 0.29) is 0 Å². The summed E-state index contributed by atoms with van der Waals surface area (Å²) in [5, 5.41) is 6.71. The zero-order valence-corrected chi connectivity index (χ0v) is 19.6. The zero-order valence-electron chi connectivity index (χ0n) is 19.6. The summed E-state index contributed by atoms with van der Waals surface area (Å²) in [6.07, 6.45) is 1.75. The molecule has 0 aliphatic carbocycles. The van der Waals surface area contributed by atoms with Crippen molar-refractivity contribution in [2.75, 3.05) is 21.3 Å². The van der Waals surface area contributed by atoms with Crippen LogP contribution < -0.4 is 24.4 Å². The maximum atomic E-state index is 6.09. The van der Waals surface area contributed by atoms with Gasteiger partial charge in [0.1, 0.15) is 6.61 Å². The molecule has 1 N–H and O–H groups in total. The van der Waals surface area contributed by atoms with E-state index in [0.717, 1.165) is 16.7 Å². The average Bonchev–Trinajstić information content (AvgIpc) is 2.89. The monoisotopic (exact) mass is 456 g/mol. The Morgan fingerprint density at radius 2 is 1.47 bits per heavy atom. The van der Waals surface area contributed by atoms with E-state index in [4.69, 9.17) is 18.9 Å². The summed E-state index contributed by atoms with van der Waals surface area (Å²) in [6, 6.07) is 26.1. The predicted octanol–water partition coefficient (Wildman–Crippen LogP) is 5.57. The molecule has 0 amide bonds. The first-order chi connectivity index (χ1) is 16.7. The summed E-state index contributed by atoms with van der Waals surface area (Å²) in [4.78, 5) is 0. The Bertz CT molecular complexity index is 1280. The number of hydrazone groups is 1. The fraction of sp³-hybridized carbons (Fsp3) is 0.179. The molecule has 0 aromatic heterocycles. The van der Waals surface area contributed by atoms with Crippen molar-refractivity contribution in [3.8, 4) is 23.0 Å². The summed E-state index contributed by atoms with van der Waals surface area (Å²) in [5.74, 6) is 2.73. The SMILES string of the molecule is COc1ccc(CN/N=C/c2ccc(OCc3cccc4ccccc34)c(OC)c2)cc1OC. The minimum absolute atomic E-state index is 0.456. The van der Waals surface area contributed by atoms with Gasteiger partial charge in [-0.15, -0.1) is 0 Å². The third-order valence-corrected chi connectivity index (χ3v) is 5.49. The highest BCUT2D eigenvalue weighted by molar-refractivity contribution is 5.85. The molecule has 4 aromatic rings. The van der Waals surface area contributed by atoms with Crippen LogP contribution in [-0.2, 0) is 13.2 Å². The molecule has 0 unspecified atom stereocenters. The van der Waals surface area contributed by atoms with Crippen LogP contribution in [0.3, 0.4) is 0 Å². The third kappa shape index (κ3) is 5.41. The standard InChI is InChI=1S/C28H28N2O4/c1-31-25-13-11-20(15-27(25)32-2)17-29-30-18-21-12-14-26(28(16-21)33-3)34-19-23-9-6-8-22-7-4-5-10-24(22)23/h4-16,18,29H,17,19H2,1-3H3/b30-18+.